The van der Waals surface area contributed by atoms with Crippen LogP contribution in [0.25, 0.3) is 0 Å². The van der Waals surface area contributed by atoms with Crippen LogP contribution in [0, 0.1) is 0 Å². The van der Waals surface area contributed by atoms with E-state index in [1.807, 2.05) is 67.6 Å². The fourth-order valence-corrected chi connectivity index (χ4v) is 2.63. The maximum atomic E-state index is 12.1. The summed E-state index contributed by atoms with van der Waals surface area (Å²) in [5.74, 6) is -0.375. The van der Waals surface area contributed by atoms with E-state index in [1.165, 1.54) is 0 Å². The van der Waals surface area contributed by atoms with Crippen molar-refractivity contribution < 1.29 is 9.63 Å². The highest BCUT2D eigenvalue weighted by Crippen LogP contribution is 2.32. The summed E-state index contributed by atoms with van der Waals surface area (Å²) in [6, 6.07) is 19.9. The summed E-state index contributed by atoms with van der Waals surface area (Å²) in [6.45, 7) is 2.66. The van der Waals surface area contributed by atoms with Gasteiger partial charge in [0, 0.05) is 0 Å². The van der Waals surface area contributed by atoms with E-state index in [0.717, 1.165) is 11.1 Å². The fourth-order valence-electron chi connectivity index (χ4n) is 2.63. The van der Waals surface area contributed by atoms with Crippen LogP contribution in [0.5, 0.6) is 0 Å². The van der Waals surface area contributed by atoms with Crippen LogP contribution in [0.3, 0.4) is 0 Å². The third-order valence-electron chi connectivity index (χ3n) is 3.74. The molecule has 0 bridgehead atoms. The molecule has 2 aromatic carbocycles. The van der Waals surface area contributed by atoms with E-state index in [2.05, 4.69) is 0 Å². The molecule has 102 valence electrons. The Bertz CT molecular complexity index is 582. The predicted octanol–water partition coefficient (Wildman–Crippen LogP) is 3.13. The molecule has 3 rings (SSSR count). The number of hydrogen-bond acceptors (Lipinski definition) is 3. The Morgan fingerprint density at radius 1 is 1.00 bits per heavy atom. The van der Waals surface area contributed by atoms with Crippen LogP contribution >= 0.6 is 0 Å². The summed E-state index contributed by atoms with van der Waals surface area (Å²) in [6.07, 6.45) is 0. The lowest BCUT2D eigenvalue weighted by molar-refractivity contribution is -0.177. The van der Waals surface area contributed by atoms with E-state index < -0.39 is 0 Å². The average molecular weight is 267 g/mol. The maximum Gasteiger partial charge on any atom is 0.334 e. The zero-order valence-corrected chi connectivity index (χ0v) is 11.4. The van der Waals surface area contributed by atoms with Crippen LogP contribution in [-0.2, 0) is 16.2 Å². The van der Waals surface area contributed by atoms with E-state index in [1.54, 1.807) is 5.06 Å². The van der Waals surface area contributed by atoms with Gasteiger partial charge in [-0.2, -0.15) is 0 Å². The topological polar surface area (TPSA) is 29.5 Å². The minimum Gasteiger partial charge on any atom is -0.367 e. The van der Waals surface area contributed by atoms with Crippen LogP contribution in [0.15, 0.2) is 60.7 Å². The summed E-state index contributed by atoms with van der Waals surface area (Å²) in [4.78, 5) is 17.6. The molecule has 2 aromatic rings. The smallest absolute Gasteiger partial charge is 0.334 e. The first-order valence-electron chi connectivity index (χ1n) is 6.83. The van der Waals surface area contributed by atoms with Crippen molar-refractivity contribution in [3.8, 4) is 0 Å². The molecule has 1 fully saturated rings. The van der Waals surface area contributed by atoms with Gasteiger partial charge in [0.2, 0.25) is 0 Å². The van der Waals surface area contributed by atoms with Gasteiger partial charge in [0.25, 0.3) is 0 Å². The number of nitrogens with zero attached hydrogens (tertiary/aromatic N) is 1. The lowest BCUT2D eigenvalue weighted by Crippen LogP contribution is -2.28. The third kappa shape index (κ3) is 2.45. The Morgan fingerprint density at radius 3 is 2.25 bits per heavy atom. The van der Waals surface area contributed by atoms with Gasteiger partial charge in [-0.05, 0) is 18.1 Å². The number of rotatable bonds is 3. The zero-order valence-electron chi connectivity index (χ0n) is 11.4. The average Bonchev–Trinajstić information content (AvgIpc) is 2.75. The number of hydroxylamine groups is 2. The minimum absolute atomic E-state index is 0.0325. The highest BCUT2D eigenvalue weighted by molar-refractivity contribution is 5.80. The highest BCUT2D eigenvalue weighted by Gasteiger charge is 2.41. The predicted molar refractivity (Wildman–Crippen MR) is 76.7 cm³/mol. The monoisotopic (exact) mass is 267 g/mol. The number of carbonyl (C=O) groups excluding carboxylic acids is 1. The Kier molecular flexibility index (Phi) is 3.52. The number of benzene rings is 2. The second kappa shape index (κ2) is 5.47. The van der Waals surface area contributed by atoms with Gasteiger partial charge < -0.3 is 4.84 Å². The standard InChI is InChI=1S/C17H17NO2/c1-13-16(15-10-6-3-7-11-15)17(19)20-18(13)12-14-8-4-2-5-9-14/h2-11,13,16H,12H2,1H3/t13-,16+/m1/s1. The summed E-state index contributed by atoms with van der Waals surface area (Å²) < 4.78 is 0. The van der Waals surface area contributed by atoms with Gasteiger partial charge in [-0.15, -0.1) is 5.06 Å². The molecule has 3 nitrogen and oxygen atoms in total. The summed E-state index contributed by atoms with van der Waals surface area (Å²) in [7, 11) is 0. The molecule has 0 spiro atoms. The quantitative estimate of drug-likeness (QED) is 0.855. The van der Waals surface area contributed by atoms with Gasteiger partial charge in [-0.3, -0.25) is 0 Å². The van der Waals surface area contributed by atoms with Crippen molar-refractivity contribution in [2.24, 2.45) is 0 Å². The van der Waals surface area contributed by atoms with Crippen LogP contribution in [0.4, 0.5) is 0 Å². The Hall–Kier alpha value is -2.13. The second-order valence-electron chi connectivity index (χ2n) is 5.10. The first-order valence-corrected chi connectivity index (χ1v) is 6.83. The van der Waals surface area contributed by atoms with Crippen molar-refractivity contribution in [3.63, 3.8) is 0 Å². The van der Waals surface area contributed by atoms with Crippen molar-refractivity contribution in [2.45, 2.75) is 25.4 Å². The lowest BCUT2D eigenvalue weighted by atomic mass is 9.93. The highest BCUT2D eigenvalue weighted by atomic mass is 16.7. The molecule has 0 aliphatic carbocycles. The Labute approximate surface area is 118 Å². The Balaban J connectivity index is 1.79. The maximum absolute atomic E-state index is 12.1. The lowest BCUT2D eigenvalue weighted by Gasteiger charge is -2.19. The van der Waals surface area contributed by atoms with Crippen LogP contribution in [0.1, 0.15) is 24.0 Å². The van der Waals surface area contributed by atoms with Crippen molar-refractivity contribution in [1.82, 2.24) is 5.06 Å². The molecule has 0 amide bonds. The van der Waals surface area contributed by atoms with Crippen molar-refractivity contribution >= 4 is 5.97 Å². The SMILES string of the molecule is C[C@@H]1[C@@H](c2ccccc2)C(=O)ON1Cc1ccccc1. The molecule has 2 atom stereocenters. The van der Waals surface area contributed by atoms with E-state index in [9.17, 15) is 4.79 Å². The van der Waals surface area contributed by atoms with E-state index >= 15 is 0 Å². The van der Waals surface area contributed by atoms with Crippen molar-refractivity contribution in [2.75, 3.05) is 0 Å². The Morgan fingerprint density at radius 2 is 1.60 bits per heavy atom. The number of hydrogen-bond donors (Lipinski definition) is 0. The normalized spacial score (nSPS) is 22.8. The molecule has 0 radical (unpaired) electrons. The number of carbonyl (C=O) groups is 1. The van der Waals surface area contributed by atoms with Crippen LogP contribution in [-0.4, -0.2) is 17.1 Å². The van der Waals surface area contributed by atoms with E-state index in [0.29, 0.717) is 6.54 Å². The van der Waals surface area contributed by atoms with Crippen LogP contribution < -0.4 is 0 Å². The third-order valence-corrected chi connectivity index (χ3v) is 3.74. The van der Waals surface area contributed by atoms with Gasteiger partial charge in [0.1, 0.15) is 5.92 Å². The molecule has 1 saturated heterocycles. The van der Waals surface area contributed by atoms with Crippen molar-refractivity contribution in [3.05, 3.63) is 71.8 Å². The van der Waals surface area contributed by atoms with E-state index in [4.69, 9.17) is 4.84 Å². The molecular weight excluding hydrogens is 250 g/mol. The first-order chi connectivity index (χ1) is 9.75. The molecule has 1 heterocycles. The molecule has 0 unspecified atom stereocenters. The molecule has 1 aliphatic rings. The molecule has 1 aliphatic heterocycles. The summed E-state index contributed by atoms with van der Waals surface area (Å²) in [5.41, 5.74) is 2.15. The fraction of sp³-hybridized carbons (Fsp3) is 0.235. The molecule has 3 heteroatoms. The summed E-state index contributed by atoms with van der Waals surface area (Å²) in [5, 5.41) is 1.77. The van der Waals surface area contributed by atoms with Crippen LogP contribution in [0.2, 0.25) is 0 Å². The molecular formula is C17H17NO2. The molecule has 0 aromatic heterocycles. The second-order valence-corrected chi connectivity index (χ2v) is 5.10. The summed E-state index contributed by atoms with van der Waals surface area (Å²) >= 11 is 0. The molecule has 0 saturated carbocycles. The zero-order chi connectivity index (χ0) is 13.9. The largest absolute Gasteiger partial charge is 0.367 e. The van der Waals surface area contributed by atoms with Gasteiger partial charge in [0.15, 0.2) is 0 Å². The first kappa shape index (κ1) is 12.9. The minimum atomic E-state index is -0.208. The molecule has 20 heavy (non-hydrogen) atoms. The molecule has 0 N–H and O–H groups in total. The van der Waals surface area contributed by atoms with Gasteiger partial charge in [0.05, 0.1) is 12.6 Å². The van der Waals surface area contributed by atoms with E-state index in [-0.39, 0.29) is 17.9 Å². The van der Waals surface area contributed by atoms with Gasteiger partial charge in [-0.1, -0.05) is 60.7 Å². The van der Waals surface area contributed by atoms with Crippen molar-refractivity contribution in [1.29, 1.82) is 0 Å². The van der Waals surface area contributed by atoms with Gasteiger partial charge >= 0.3 is 5.97 Å². The van der Waals surface area contributed by atoms with Gasteiger partial charge in [-0.25, -0.2) is 4.79 Å².